The zero-order valence-electron chi connectivity index (χ0n) is 11.5. The molecule has 17 heavy (non-hydrogen) atoms. The molecule has 0 aromatic rings. The summed E-state index contributed by atoms with van der Waals surface area (Å²) in [6.45, 7) is 9.98. The highest BCUT2D eigenvalue weighted by Crippen LogP contribution is 2.26. The molecule has 1 aliphatic heterocycles. The van der Waals surface area contributed by atoms with E-state index < -0.39 is 0 Å². The lowest BCUT2D eigenvalue weighted by Crippen LogP contribution is -2.65. The van der Waals surface area contributed by atoms with Crippen LogP contribution in [0.4, 0.5) is 0 Å². The Morgan fingerprint density at radius 2 is 2.12 bits per heavy atom. The van der Waals surface area contributed by atoms with Crippen LogP contribution in [-0.4, -0.2) is 47.4 Å². The molecule has 1 rings (SSSR count). The molecular weight excluding hydrogens is 214 g/mol. The molecule has 4 heteroatoms. The molecule has 1 aliphatic rings. The molecule has 96 valence electrons. The van der Waals surface area contributed by atoms with Gasteiger partial charge in [0.1, 0.15) is 6.04 Å². The van der Waals surface area contributed by atoms with Gasteiger partial charge in [0.25, 0.3) is 0 Å². The standard InChI is InChI=1S/C13H23N3O/c1-10(2)8-16-9-13(3,4)15(5)11(6-7-14)12(16)17/h10-11H,6,8-9H2,1-5H3. The lowest BCUT2D eigenvalue weighted by atomic mass is 9.93. The van der Waals surface area contributed by atoms with E-state index in [1.165, 1.54) is 0 Å². The minimum atomic E-state index is -0.289. The first kappa shape index (κ1) is 14.0. The monoisotopic (exact) mass is 237 g/mol. The van der Waals surface area contributed by atoms with Gasteiger partial charge >= 0.3 is 0 Å². The number of nitriles is 1. The number of rotatable bonds is 3. The minimum Gasteiger partial charge on any atom is -0.339 e. The van der Waals surface area contributed by atoms with Crippen molar-refractivity contribution in [2.24, 2.45) is 5.92 Å². The first-order valence-electron chi connectivity index (χ1n) is 6.18. The maximum atomic E-state index is 12.3. The van der Waals surface area contributed by atoms with E-state index in [1.54, 1.807) is 0 Å². The van der Waals surface area contributed by atoms with Crippen molar-refractivity contribution in [1.82, 2.24) is 9.80 Å². The maximum Gasteiger partial charge on any atom is 0.241 e. The number of amides is 1. The van der Waals surface area contributed by atoms with Gasteiger partial charge < -0.3 is 4.90 Å². The molecular formula is C13H23N3O. The first-order chi connectivity index (χ1) is 7.79. The number of nitrogens with zero attached hydrogens (tertiary/aromatic N) is 3. The van der Waals surface area contributed by atoms with Gasteiger partial charge in [-0.15, -0.1) is 0 Å². The summed E-state index contributed by atoms with van der Waals surface area (Å²) < 4.78 is 0. The molecule has 1 saturated heterocycles. The Morgan fingerprint density at radius 1 is 1.53 bits per heavy atom. The average molecular weight is 237 g/mol. The Bertz CT molecular complexity index is 330. The van der Waals surface area contributed by atoms with Gasteiger partial charge in [-0.1, -0.05) is 13.8 Å². The van der Waals surface area contributed by atoms with Crippen LogP contribution in [0.1, 0.15) is 34.1 Å². The van der Waals surface area contributed by atoms with Crippen molar-refractivity contribution in [3.05, 3.63) is 0 Å². The minimum absolute atomic E-state index is 0.0652. The molecule has 0 spiro atoms. The summed E-state index contributed by atoms with van der Waals surface area (Å²) in [4.78, 5) is 16.2. The highest BCUT2D eigenvalue weighted by atomic mass is 16.2. The summed E-state index contributed by atoms with van der Waals surface area (Å²) in [7, 11) is 1.94. The number of hydrogen-bond acceptors (Lipinski definition) is 3. The van der Waals surface area contributed by atoms with Crippen molar-refractivity contribution >= 4 is 5.91 Å². The van der Waals surface area contributed by atoms with Crippen molar-refractivity contribution in [2.75, 3.05) is 20.1 Å². The number of likely N-dealkylation sites (N-methyl/N-ethyl adjacent to an activating group) is 1. The van der Waals surface area contributed by atoms with Gasteiger partial charge in [-0.2, -0.15) is 5.26 Å². The number of piperazine rings is 1. The molecule has 1 heterocycles. The van der Waals surface area contributed by atoms with Gasteiger partial charge in [-0.3, -0.25) is 9.69 Å². The van der Waals surface area contributed by atoms with E-state index in [1.807, 2.05) is 16.8 Å². The molecule has 0 aromatic heterocycles. The van der Waals surface area contributed by atoms with Crippen LogP contribution in [0.25, 0.3) is 0 Å². The lowest BCUT2D eigenvalue weighted by Gasteiger charge is -2.49. The Hall–Kier alpha value is -1.08. The smallest absolute Gasteiger partial charge is 0.241 e. The lowest BCUT2D eigenvalue weighted by molar-refractivity contribution is -0.148. The van der Waals surface area contributed by atoms with E-state index in [-0.39, 0.29) is 23.9 Å². The van der Waals surface area contributed by atoms with E-state index in [9.17, 15) is 4.79 Å². The van der Waals surface area contributed by atoms with Crippen LogP contribution in [0, 0.1) is 17.2 Å². The predicted octanol–water partition coefficient (Wildman–Crippen LogP) is 1.48. The van der Waals surface area contributed by atoms with Crippen molar-refractivity contribution < 1.29 is 4.79 Å². The molecule has 0 radical (unpaired) electrons. The van der Waals surface area contributed by atoms with Gasteiger partial charge in [0, 0.05) is 18.6 Å². The Kier molecular flexibility index (Phi) is 4.16. The van der Waals surface area contributed by atoms with Gasteiger partial charge in [0.15, 0.2) is 0 Å². The van der Waals surface area contributed by atoms with Crippen molar-refractivity contribution in [3.63, 3.8) is 0 Å². The molecule has 0 bridgehead atoms. The van der Waals surface area contributed by atoms with E-state index in [4.69, 9.17) is 5.26 Å². The number of hydrogen-bond donors (Lipinski definition) is 0. The average Bonchev–Trinajstić information content (AvgIpc) is 2.20. The first-order valence-corrected chi connectivity index (χ1v) is 6.18. The predicted molar refractivity (Wildman–Crippen MR) is 67.3 cm³/mol. The summed E-state index contributed by atoms with van der Waals surface area (Å²) in [5.41, 5.74) is -0.0652. The fourth-order valence-electron chi connectivity index (χ4n) is 2.36. The van der Waals surface area contributed by atoms with Crippen LogP contribution >= 0.6 is 0 Å². The van der Waals surface area contributed by atoms with Crippen molar-refractivity contribution in [3.8, 4) is 6.07 Å². The number of carbonyl (C=O) groups excluding carboxylic acids is 1. The van der Waals surface area contributed by atoms with Crippen LogP contribution in [0.2, 0.25) is 0 Å². The van der Waals surface area contributed by atoms with E-state index >= 15 is 0 Å². The van der Waals surface area contributed by atoms with E-state index in [0.717, 1.165) is 13.1 Å². The third-order valence-electron chi connectivity index (χ3n) is 3.47. The molecule has 0 N–H and O–H groups in total. The summed E-state index contributed by atoms with van der Waals surface area (Å²) in [5, 5.41) is 8.85. The fourth-order valence-corrected chi connectivity index (χ4v) is 2.36. The Morgan fingerprint density at radius 3 is 2.59 bits per heavy atom. The summed E-state index contributed by atoms with van der Waals surface area (Å²) >= 11 is 0. The van der Waals surface area contributed by atoms with Gasteiger partial charge in [-0.05, 0) is 26.8 Å². The highest BCUT2D eigenvalue weighted by molar-refractivity contribution is 5.83. The van der Waals surface area contributed by atoms with Gasteiger partial charge in [0.05, 0.1) is 12.5 Å². The second kappa shape index (κ2) is 5.05. The number of carbonyl (C=O) groups is 1. The van der Waals surface area contributed by atoms with Crippen LogP contribution < -0.4 is 0 Å². The van der Waals surface area contributed by atoms with Crippen LogP contribution in [-0.2, 0) is 4.79 Å². The second-order valence-electron chi connectivity index (χ2n) is 5.91. The van der Waals surface area contributed by atoms with E-state index in [2.05, 4.69) is 33.8 Å². The van der Waals surface area contributed by atoms with Gasteiger partial charge in [-0.25, -0.2) is 0 Å². The summed E-state index contributed by atoms with van der Waals surface area (Å²) in [6, 6.07) is 1.83. The molecule has 1 unspecified atom stereocenters. The Balaban J connectivity index is 2.91. The zero-order valence-corrected chi connectivity index (χ0v) is 11.5. The molecule has 0 aromatic carbocycles. The molecule has 1 fully saturated rings. The SMILES string of the molecule is CC(C)CN1CC(C)(C)N(C)C(CC#N)C1=O. The highest BCUT2D eigenvalue weighted by Gasteiger charge is 2.42. The summed E-state index contributed by atoms with van der Waals surface area (Å²) in [6.07, 6.45) is 0.271. The molecule has 4 nitrogen and oxygen atoms in total. The quantitative estimate of drug-likeness (QED) is 0.747. The third kappa shape index (κ3) is 2.98. The molecule has 0 saturated carbocycles. The van der Waals surface area contributed by atoms with Gasteiger partial charge in [0.2, 0.25) is 5.91 Å². The zero-order chi connectivity index (χ0) is 13.2. The fraction of sp³-hybridized carbons (Fsp3) is 0.846. The van der Waals surface area contributed by atoms with Crippen molar-refractivity contribution in [1.29, 1.82) is 5.26 Å². The van der Waals surface area contributed by atoms with Crippen molar-refractivity contribution in [2.45, 2.75) is 45.7 Å². The Labute approximate surface area is 104 Å². The second-order valence-corrected chi connectivity index (χ2v) is 5.91. The molecule has 0 aliphatic carbocycles. The van der Waals surface area contributed by atoms with E-state index in [0.29, 0.717) is 5.92 Å². The third-order valence-corrected chi connectivity index (χ3v) is 3.47. The van der Waals surface area contributed by atoms with Crippen LogP contribution in [0.15, 0.2) is 0 Å². The largest absolute Gasteiger partial charge is 0.339 e. The van der Waals surface area contributed by atoms with Crippen LogP contribution in [0.5, 0.6) is 0 Å². The molecule has 1 atom stereocenters. The van der Waals surface area contributed by atoms with Crippen LogP contribution in [0.3, 0.4) is 0 Å². The normalized spacial score (nSPS) is 25.1. The topological polar surface area (TPSA) is 47.3 Å². The molecule has 1 amide bonds. The summed E-state index contributed by atoms with van der Waals surface area (Å²) in [5.74, 6) is 0.558. The maximum absolute atomic E-state index is 12.3.